The maximum atomic E-state index is 12.4. The van der Waals surface area contributed by atoms with Crippen molar-refractivity contribution >= 4 is 11.6 Å². The minimum Gasteiger partial charge on any atom is -0.508 e. The Kier molecular flexibility index (Phi) is 3.16. The topological polar surface area (TPSA) is 74.6 Å². The lowest BCUT2D eigenvalue weighted by Gasteiger charge is -2.19. The number of phenolic OH excluding ortho intramolecular Hbond substituents is 1. The summed E-state index contributed by atoms with van der Waals surface area (Å²) in [4.78, 5) is 24.5. The van der Waals surface area contributed by atoms with E-state index in [4.69, 9.17) is 0 Å². The number of aromatic hydroxyl groups is 1. The smallest absolute Gasteiger partial charge is 0.192 e. The van der Waals surface area contributed by atoms with Gasteiger partial charge in [-0.25, -0.2) is 0 Å². The van der Waals surface area contributed by atoms with Crippen LogP contribution in [0.15, 0.2) is 60.2 Å². The number of carbonyl (C=O) groups is 2. The first kappa shape index (κ1) is 13.3. The molecule has 0 saturated heterocycles. The Morgan fingerprint density at radius 2 is 1.48 bits per heavy atom. The minimum absolute atomic E-state index is 0.0457. The van der Waals surface area contributed by atoms with Gasteiger partial charge in [-0.15, -0.1) is 0 Å². The third kappa shape index (κ3) is 2.26. The molecule has 1 aliphatic carbocycles. The summed E-state index contributed by atoms with van der Waals surface area (Å²) in [6.45, 7) is 0. The van der Waals surface area contributed by atoms with Crippen molar-refractivity contribution in [3.05, 3.63) is 76.9 Å². The van der Waals surface area contributed by atoms with E-state index in [1.54, 1.807) is 24.3 Å². The molecule has 0 saturated carbocycles. The number of phenols is 1. The van der Waals surface area contributed by atoms with Crippen molar-refractivity contribution in [1.29, 1.82) is 0 Å². The maximum absolute atomic E-state index is 12.4. The highest BCUT2D eigenvalue weighted by molar-refractivity contribution is 6.24. The van der Waals surface area contributed by atoms with E-state index < -0.39 is 6.10 Å². The van der Waals surface area contributed by atoms with Gasteiger partial charge in [-0.1, -0.05) is 36.4 Å². The predicted octanol–water partition coefficient (Wildman–Crippen LogP) is 2.43. The molecule has 0 amide bonds. The van der Waals surface area contributed by atoms with Gasteiger partial charge in [0.1, 0.15) is 11.9 Å². The molecule has 0 aliphatic heterocycles. The Balaban J connectivity index is 2.02. The molecule has 0 spiro atoms. The molecule has 0 heterocycles. The lowest BCUT2D eigenvalue weighted by atomic mass is 9.85. The molecule has 1 aliphatic rings. The average molecular weight is 280 g/mol. The summed E-state index contributed by atoms with van der Waals surface area (Å²) in [5, 5.41) is 19.6. The van der Waals surface area contributed by atoms with Crippen molar-refractivity contribution in [3.8, 4) is 5.75 Å². The number of aliphatic hydroxyl groups is 1. The second kappa shape index (κ2) is 5.00. The van der Waals surface area contributed by atoms with Crippen molar-refractivity contribution in [2.45, 2.75) is 6.10 Å². The summed E-state index contributed by atoms with van der Waals surface area (Å²) in [5.41, 5.74) is 1.14. The highest BCUT2D eigenvalue weighted by Gasteiger charge is 2.29. The third-order valence-corrected chi connectivity index (χ3v) is 3.49. The molecule has 2 N–H and O–H groups in total. The Labute approximate surface area is 121 Å². The number of aliphatic hydroxyl groups excluding tert-OH is 1. The van der Waals surface area contributed by atoms with Crippen LogP contribution >= 0.6 is 0 Å². The third-order valence-electron chi connectivity index (χ3n) is 3.49. The molecule has 2 aromatic carbocycles. The maximum Gasteiger partial charge on any atom is 0.192 e. The molecular formula is C17H12O4. The molecule has 0 aromatic heterocycles. The number of Topliss-reactive ketones (excluding diaryl/α,β-unsaturated/α-hetero) is 1. The van der Waals surface area contributed by atoms with E-state index in [2.05, 4.69) is 0 Å². The van der Waals surface area contributed by atoms with Crippen LogP contribution in [-0.4, -0.2) is 21.8 Å². The number of hydrogen-bond donors (Lipinski definition) is 2. The van der Waals surface area contributed by atoms with Crippen LogP contribution in [0, 0.1) is 0 Å². The van der Waals surface area contributed by atoms with Crippen LogP contribution in [0.5, 0.6) is 5.75 Å². The van der Waals surface area contributed by atoms with Crippen molar-refractivity contribution in [2.24, 2.45) is 0 Å². The number of benzene rings is 2. The van der Waals surface area contributed by atoms with E-state index >= 15 is 0 Å². The van der Waals surface area contributed by atoms with Crippen molar-refractivity contribution in [3.63, 3.8) is 0 Å². The summed E-state index contributed by atoms with van der Waals surface area (Å²) in [6, 6.07) is 12.4. The first-order valence-electron chi connectivity index (χ1n) is 6.44. The summed E-state index contributed by atoms with van der Waals surface area (Å²) in [6.07, 6.45) is -0.0160. The molecule has 0 bridgehead atoms. The van der Waals surface area contributed by atoms with Crippen LogP contribution in [0.25, 0.3) is 0 Å². The van der Waals surface area contributed by atoms with Gasteiger partial charge < -0.3 is 10.2 Å². The fourth-order valence-corrected chi connectivity index (χ4v) is 2.38. The van der Waals surface area contributed by atoms with E-state index in [1.807, 2.05) is 0 Å². The lowest BCUT2D eigenvalue weighted by molar-refractivity contribution is 0.0947. The molecule has 104 valence electrons. The van der Waals surface area contributed by atoms with Gasteiger partial charge in [-0.2, -0.15) is 0 Å². The highest BCUT2D eigenvalue weighted by atomic mass is 16.3. The van der Waals surface area contributed by atoms with E-state index in [9.17, 15) is 19.8 Å². The Morgan fingerprint density at radius 3 is 2.14 bits per heavy atom. The van der Waals surface area contributed by atoms with Gasteiger partial charge in [-0.05, 0) is 23.8 Å². The molecule has 4 nitrogen and oxygen atoms in total. The first-order chi connectivity index (χ1) is 10.1. The number of allylic oxidation sites excluding steroid dienone is 1. The normalized spacial score (nSPS) is 15.4. The number of fused-ring (bicyclic) bond motifs is 1. The number of hydrogen-bond acceptors (Lipinski definition) is 4. The standard InChI is InChI=1S/C17H12O4/c18-11-7-5-10(6-8-11)16(20)14-9-15(19)12-3-1-2-4-13(12)17(14)21/h1-9,16,18,20H. The Morgan fingerprint density at radius 1 is 0.857 bits per heavy atom. The molecular weight excluding hydrogens is 268 g/mol. The van der Waals surface area contributed by atoms with Crippen LogP contribution in [0.3, 0.4) is 0 Å². The van der Waals surface area contributed by atoms with Crippen LogP contribution in [0.2, 0.25) is 0 Å². The van der Waals surface area contributed by atoms with Gasteiger partial charge in [0, 0.05) is 16.7 Å². The fourth-order valence-electron chi connectivity index (χ4n) is 2.38. The van der Waals surface area contributed by atoms with Gasteiger partial charge >= 0.3 is 0 Å². The molecule has 21 heavy (non-hydrogen) atoms. The van der Waals surface area contributed by atoms with Gasteiger partial charge in [-0.3, -0.25) is 9.59 Å². The van der Waals surface area contributed by atoms with E-state index in [-0.39, 0.29) is 22.9 Å². The second-order valence-corrected chi connectivity index (χ2v) is 4.83. The number of ketones is 2. The summed E-state index contributed by atoms with van der Waals surface area (Å²) < 4.78 is 0. The van der Waals surface area contributed by atoms with Crippen LogP contribution in [0.1, 0.15) is 32.4 Å². The monoisotopic (exact) mass is 280 g/mol. The van der Waals surface area contributed by atoms with Crippen molar-refractivity contribution in [2.75, 3.05) is 0 Å². The van der Waals surface area contributed by atoms with Crippen molar-refractivity contribution in [1.82, 2.24) is 0 Å². The number of carbonyl (C=O) groups excluding carboxylic acids is 2. The van der Waals surface area contributed by atoms with Gasteiger partial charge in [0.25, 0.3) is 0 Å². The number of rotatable bonds is 2. The Bertz CT molecular complexity index is 757. The molecule has 4 heteroatoms. The van der Waals surface area contributed by atoms with Gasteiger partial charge in [0.15, 0.2) is 11.6 Å². The molecule has 0 fully saturated rings. The van der Waals surface area contributed by atoms with E-state index in [0.29, 0.717) is 16.7 Å². The molecule has 0 radical (unpaired) electrons. The van der Waals surface area contributed by atoms with Crippen LogP contribution in [-0.2, 0) is 0 Å². The predicted molar refractivity (Wildman–Crippen MR) is 76.3 cm³/mol. The largest absolute Gasteiger partial charge is 0.508 e. The molecule has 2 aromatic rings. The summed E-state index contributed by atoms with van der Waals surface area (Å²) in [5.74, 6) is -0.583. The average Bonchev–Trinajstić information content (AvgIpc) is 2.51. The zero-order valence-corrected chi connectivity index (χ0v) is 11.0. The molecule has 1 unspecified atom stereocenters. The van der Waals surface area contributed by atoms with Crippen LogP contribution in [0.4, 0.5) is 0 Å². The van der Waals surface area contributed by atoms with Crippen LogP contribution < -0.4 is 0 Å². The minimum atomic E-state index is -1.20. The summed E-state index contributed by atoms with van der Waals surface area (Å²) in [7, 11) is 0. The highest BCUT2D eigenvalue weighted by Crippen LogP contribution is 2.30. The second-order valence-electron chi connectivity index (χ2n) is 4.83. The van der Waals surface area contributed by atoms with Crippen molar-refractivity contribution < 1.29 is 19.8 Å². The first-order valence-corrected chi connectivity index (χ1v) is 6.44. The molecule has 1 atom stereocenters. The van der Waals surface area contributed by atoms with Gasteiger partial charge in [0.2, 0.25) is 0 Å². The molecule has 3 rings (SSSR count). The van der Waals surface area contributed by atoms with Gasteiger partial charge in [0.05, 0.1) is 0 Å². The fraction of sp³-hybridized carbons (Fsp3) is 0.0588. The quantitative estimate of drug-likeness (QED) is 0.886. The Hall–Kier alpha value is -2.72. The summed E-state index contributed by atoms with van der Waals surface area (Å²) >= 11 is 0. The zero-order valence-electron chi connectivity index (χ0n) is 11.0. The van der Waals surface area contributed by atoms with E-state index in [1.165, 1.54) is 30.3 Å². The SMILES string of the molecule is O=C1C=C(C(O)c2ccc(O)cc2)C(=O)c2ccccc21. The van der Waals surface area contributed by atoms with E-state index in [0.717, 1.165) is 0 Å². The zero-order chi connectivity index (χ0) is 15.0. The lowest BCUT2D eigenvalue weighted by Crippen LogP contribution is -2.21.